The molecule has 186 valence electrons. The van der Waals surface area contributed by atoms with Crippen molar-refractivity contribution in [3.63, 3.8) is 0 Å². The normalized spacial score (nSPS) is 13.0. The van der Waals surface area contributed by atoms with E-state index in [1.165, 1.54) is 5.56 Å². The Labute approximate surface area is 203 Å². The van der Waals surface area contributed by atoms with Crippen LogP contribution in [-0.4, -0.2) is 52.2 Å². The van der Waals surface area contributed by atoms with Gasteiger partial charge in [-0.15, -0.1) is 0 Å². The maximum absolute atomic E-state index is 11.0. The van der Waals surface area contributed by atoms with Gasteiger partial charge in [-0.3, -0.25) is 0 Å². The third-order valence-electron chi connectivity index (χ3n) is 6.28. The van der Waals surface area contributed by atoms with Crippen molar-refractivity contribution < 1.29 is 24.1 Å². The number of methoxy groups -OCH3 is 4. The number of nitrogens with zero attached hydrogens (tertiary/aromatic N) is 1. The molecule has 0 heterocycles. The molecule has 0 unspecified atom stereocenters. The minimum absolute atomic E-state index is 0.505. The largest absolute Gasteiger partial charge is 0.493 e. The molecule has 2 N–H and O–H groups in total. The number of nitrogens with one attached hydrogen (secondary N) is 1. The van der Waals surface area contributed by atoms with E-state index in [2.05, 4.69) is 17.5 Å². The molecular weight excluding hydrogens is 432 g/mol. The van der Waals surface area contributed by atoms with E-state index in [1.807, 2.05) is 18.2 Å². The van der Waals surface area contributed by atoms with Gasteiger partial charge in [-0.2, -0.15) is 5.26 Å². The van der Waals surface area contributed by atoms with E-state index in [-0.39, 0.29) is 0 Å². The lowest BCUT2D eigenvalue weighted by Gasteiger charge is -2.38. The van der Waals surface area contributed by atoms with Crippen molar-refractivity contribution in [3.8, 4) is 29.1 Å². The number of rotatable bonds is 14. The predicted molar refractivity (Wildman–Crippen MR) is 133 cm³/mol. The van der Waals surface area contributed by atoms with E-state index in [9.17, 15) is 10.4 Å². The first-order chi connectivity index (χ1) is 16.3. The summed E-state index contributed by atoms with van der Waals surface area (Å²) >= 11 is 0. The highest BCUT2D eigenvalue weighted by atomic mass is 16.5. The zero-order chi connectivity index (χ0) is 25.2. The average molecular weight is 471 g/mol. The number of hydrogen-bond acceptors (Lipinski definition) is 7. The zero-order valence-electron chi connectivity index (χ0n) is 21.2. The van der Waals surface area contributed by atoms with Crippen LogP contribution in [0, 0.1) is 11.3 Å². The fraction of sp³-hybridized carbons (Fsp3) is 0.519. The molecule has 7 nitrogen and oxygen atoms in total. The van der Waals surface area contributed by atoms with Crippen LogP contribution in [0.5, 0.6) is 23.0 Å². The van der Waals surface area contributed by atoms with Crippen LogP contribution in [0.25, 0.3) is 0 Å². The highest BCUT2D eigenvalue weighted by molar-refractivity contribution is 5.48. The maximum atomic E-state index is 11.0. The monoisotopic (exact) mass is 470 g/mol. The van der Waals surface area contributed by atoms with Crippen LogP contribution >= 0.6 is 0 Å². The van der Waals surface area contributed by atoms with E-state index in [1.54, 1.807) is 54.4 Å². The van der Waals surface area contributed by atoms with Gasteiger partial charge in [-0.05, 0) is 88.0 Å². The van der Waals surface area contributed by atoms with Gasteiger partial charge in [-0.1, -0.05) is 12.1 Å². The molecule has 0 spiro atoms. The molecule has 0 saturated carbocycles. The zero-order valence-corrected chi connectivity index (χ0v) is 21.2. The molecule has 0 aliphatic rings. The minimum Gasteiger partial charge on any atom is -0.493 e. The molecule has 0 saturated heterocycles. The van der Waals surface area contributed by atoms with Gasteiger partial charge in [0.25, 0.3) is 0 Å². The Morgan fingerprint density at radius 3 is 1.94 bits per heavy atom. The van der Waals surface area contributed by atoms with E-state index in [4.69, 9.17) is 18.9 Å². The molecule has 0 fully saturated rings. The molecular formula is C27H38N2O5. The first-order valence-electron chi connectivity index (χ1n) is 11.5. The third kappa shape index (κ3) is 6.34. The van der Waals surface area contributed by atoms with Crippen molar-refractivity contribution in [2.45, 2.75) is 50.5 Å². The molecule has 1 atom stereocenters. The van der Waals surface area contributed by atoms with Crippen molar-refractivity contribution >= 4 is 0 Å². The van der Waals surface area contributed by atoms with Crippen LogP contribution in [0.2, 0.25) is 0 Å². The molecule has 2 rings (SSSR count). The Morgan fingerprint density at radius 2 is 1.38 bits per heavy atom. The van der Waals surface area contributed by atoms with Crippen molar-refractivity contribution in [1.29, 1.82) is 5.26 Å². The summed E-state index contributed by atoms with van der Waals surface area (Å²) in [5, 5.41) is 24.6. The van der Waals surface area contributed by atoms with Crippen LogP contribution < -0.4 is 24.3 Å². The fourth-order valence-electron chi connectivity index (χ4n) is 4.22. The van der Waals surface area contributed by atoms with Gasteiger partial charge in [-0.25, -0.2) is 0 Å². The molecule has 0 amide bonds. The Morgan fingerprint density at radius 1 is 0.824 bits per heavy atom. The Balaban J connectivity index is 1.94. The first kappa shape index (κ1) is 27.3. The molecule has 0 aliphatic heterocycles. The van der Waals surface area contributed by atoms with Gasteiger partial charge in [0.15, 0.2) is 23.0 Å². The number of benzene rings is 2. The summed E-state index contributed by atoms with van der Waals surface area (Å²) in [7, 11) is 6.40. The highest BCUT2D eigenvalue weighted by Crippen LogP contribution is 2.42. The standard InChI is InChI=1S/C27H38N2O5/c1-26(2,30)27(19-28,21-11-13-23(32-4)25(18-21)34-6)14-8-16-29-15-7-9-20-10-12-22(31-3)24(17-20)33-5/h10-13,17-18,29-30H,7-9,14-16H2,1-6H3/t27-/m1/s1. The number of ether oxygens (including phenoxy) is 4. The fourth-order valence-corrected chi connectivity index (χ4v) is 4.22. The smallest absolute Gasteiger partial charge is 0.161 e. The number of hydrogen-bond donors (Lipinski definition) is 2. The summed E-state index contributed by atoms with van der Waals surface area (Å²) in [6.07, 6.45) is 3.14. The van der Waals surface area contributed by atoms with E-state index < -0.39 is 11.0 Å². The summed E-state index contributed by atoms with van der Waals surface area (Å²) in [6, 6.07) is 13.8. The van der Waals surface area contributed by atoms with Crippen LogP contribution in [0.15, 0.2) is 36.4 Å². The topological polar surface area (TPSA) is 93.0 Å². The van der Waals surface area contributed by atoms with Gasteiger partial charge in [0.1, 0.15) is 5.41 Å². The Kier molecular flexibility index (Phi) is 10.0. The van der Waals surface area contributed by atoms with Crippen molar-refractivity contribution in [3.05, 3.63) is 47.5 Å². The first-order valence-corrected chi connectivity index (χ1v) is 11.5. The second-order valence-electron chi connectivity index (χ2n) is 8.79. The summed E-state index contributed by atoms with van der Waals surface area (Å²) in [5.74, 6) is 2.59. The lowest BCUT2D eigenvalue weighted by atomic mass is 9.67. The van der Waals surface area contributed by atoms with Crippen molar-refractivity contribution in [2.24, 2.45) is 0 Å². The summed E-state index contributed by atoms with van der Waals surface area (Å²) in [5.41, 5.74) is -0.408. The van der Waals surface area contributed by atoms with Crippen molar-refractivity contribution in [2.75, 3.05) is 41.5 Å². The molecule has 0 bridgehead atoms. The van der Waals surface area contributed by atoms with E-state index in [0.717, 1.165) is 43.9 Å². The van der Waals surface area contributed by atoms with Crippen LogP contribution in [0.1, 0.15) is 44.2 Å². The lowest BCUT2D eigenvalue weighted by molar-refractivity contribution is 0.0138. The van der Waals surface area contributed by atoms with Gasteiger partial charge in [0, 0.05) is 0 Å². The number of aliphatic hydroxyl groups is 1. The van der Waals surface area contributed by atoms with Crippen LogP contribution in [0.3, 0.4) is 0 Å². The predicted octanol–water partition coefficient (Wildman–Crippen LogP) is 4.26. The van der Waals surface area contributed by atoms with Gasteiger partial charge >= 0.3 is 0 Å². The summed E-state index contributed by atoms with van der Waals surface area (Å²) in [6.45, 7) is 4.97. The number of nitriles is 1. The Hall–Kier alpha value is -2.95. The number of aryl methyl sites for hydroxylation is 1. The van der Waals surface area contributed by atoms with Crippen molar-refractivity contribution in [1.82, 2.24) is 5.32 Å². The molecule has 0 radical (unpaired) electrons. The van der Waals surface area contributed by atoms with Gasteiger partial charge in [0.05, 0.1) is 40.1 Å². The lowest BCUT2D eigenvalue weighted by Crippen LogP contribution is -2.46. The Bertz CT molecular complexity index is 964. The minimum atomic E-state index is -1.24. The second kappa shape index (κ2) is 12.5. The quantitative estimate of drug-likeness (QED) is 0.399. The van der Waals surface area contributed by atoms with E-state index >= 15 is 0 Å². The van der Waals surface area contributed by atoms with Gasteiger partial charge in [0.2, 0.25) is 0 Å². The second-order valence-corrected chi connectivity index (χ2v) is 8.79. The third-order valence-corrected chi connectivity index (χ3v) is 6.28. The summed E-state index contributed by atoms with van der Waals surface area (Å²) in [4.78, 5) is 0. The van der Waals surface area contributed by atoms with Gasteiger partial charge < -0.3 is 29.4 Å². The maximum Gasteiger partial charge on any atom is 0.161 e. The molecule has 2 aromatic rings. The summed E-state index contributed by atoms with van der Waals surface area (Å²) < 4.78 is 21.4. The van der Waals surface area contributed by atoms with Crippen LogP contribution in [0.4, 0.5) is 0 Å². The molecule has 0 aromatic heterocycles. The molecule has 7 heteroatoms. The SMILES string of the molecule is COc1ccc(CCCNCCC[C@@](C#N)(c2ccc(OC)c(OC)c2)C(C)(C)O)cc1OC. The van der Waals surface area contributed by atoms with E-state index in [0.29, 0.717) is 23.5 Å². The highest BCUT2D eigenvalue weighted by Gasteiger charge is 2.46. The molecule has 2 aromatic carbocycles. The molecule has 34 heavy (non-hydrogen) atoms. The molecule has 0 aliphatic carbocycles. The average Bonchev–Trinajstić information content (AvgIpc) is 2.84. The van der Waals surface area contributed by atoms with Crippen LogP contribution in [-0.2, 0) is 11.8 Å².